The van der Waals surface area contributed by atoms with E-state index < -0.39 is 4.92 Å². The highest BCUT2D eigenvalue weighted by Gasteiger charge is 2.18. The van der Waals surface area contributed by atoms with E-state index in [0.717, 1.165) is 0 Å². The van der Waals surface area contributed by atoms with Gasteiger partial charge in [0.05, 0.1) is 15.7 Å². The van der Waals surface area contributed by atoms with Gasteiger partial charge < -0.3 is 9.88 Å². The number of carbonyl (C=O) groups excluding carboxylic acids is 1. The van der Waals surface area contributed by atoms with E-state index in [1.54, 1.807) is 18.2 Å². The molecule has 3 aromatic rings. The minimum Gasteiger partial charge on any atom is -0.325 e. The van der Waals surface area contributed by atoms with Crippen LogP contribution in [0, 0.1) is 10.1 Å². The third kappa shape index (κ3) is 5.04. The predicted octanol–water partition coefficient (Wildman–Crippen LogP) is 5.56. The number of aromatic nitrogens is 3. The van der Waals surface area contributed by atoms with Crippen molar-refractivity contribution in [2.75, 3.05) is 11.1 Å². The van der Waals surface area contributed by atoms with Gasteiger partial charge in [0.2, 0.25) is 5.91 Å². The van der Waals surface area contributed by atoms with Crippen LogP contribution in [0.4, 0.5) is 11.4 Å². The molecule has 0 aliphatic rings. The van der Waals surface area contributed by atoms with Crippen molar-refractivity contribution in [3.05, 3.63) is 61.6 Å². The number of rotatable bonds is 7. The van der Waals surface area contributed by atoms with Gasteiger partial charge in [-0.25, -0.2) is 0 Å². The summed E-state index contributed by atoms with van der Waals surface area (Å²) in [5.74, 6) is 0.242. The van der Waals surface area contributed by atoms with Crippen molar-refractivity contribution in [1.82, 2.24) is 14.8 Å². The number of hydrogen-bond acceptors (Lipinski definition) is 6. The molecule has 1 aromatic heterocycles. The largest absolute Gasteiger partial charge is 0.325 e. The van der Waals surface area contributed by atoms with Gasteiger partial charge in [-0.2, -0.15) is 0 Å². The summed E-state index contributed by atoms with van der Waals surface area (Å²) in [6.07, 6.45) is 0. The van der Waals surface area contributed by atoms with Gasteiger partial charge >= 0.3 is 0 Å². The van der Waals surface area contributed by atoms with Crippen molar-refractivity contribution in [2.45, 2.75) is 18.6 Å². The van der Waals surface area contributed by atoms with Crippen molar-refractivity contribution in [3.8, 4) is 11.4 Å². The molecule has 0 atom stereocenters. The number of nitro benzene ring substituents is 1. The van der Waals surface area contributed by atoms with Gasteiger partial charge in [0.15, 0.2) is 11.0 Å². The molecule has 30 heavy (non-hydrogen) atoms. The molecule has 1 heterocycles. The first-order chi connectivity index (χ1) is 14.3. The van der Waals surface area contributed by atoms with Crippen LogP contribution in [0.2, 0.25) is 15.1 Å². The van der Waals surface area contributed by atoms with E-state index in [9.17, 15) is 14.9 Å². The molecule has 2 aromatic carbocycles. The van der Waals surface area contributed by atoms with Crippen LogP contribution in [0.15, 0.2) is 41.6 Å². The number of nitro groups is 1. The molecule has 12 heteroatoms. The first kappa shape index (κ1) is 22.4. The minimum atomic E-state index is -0.611. The monoisotopic (exact) mass is 485 g/mol. The molecule has 0 unspecified atom stereocenters. The van der Waals surface area contributed by atoms with E-state index in [4.69, 9.17) is 34.8 Å². The third-order valence-corrected chi connectivity index (χ3v) is 5.80. The number of nitrogens with zero attached hydrogens (tertiary/aromatic N) is 4. The molecule has 0 spiro atoms. The minimum absolute atomic E-state index is 0.00295. The van der Waals surface area contributed by atoms with Crippen LogP contribution in [0.3, 0.4) is 0 Å². The summed E-state index contributed by atoms with van der Waals surface area (Å²) < 4.78 is 1.83. The Morgan fingerprint density at radius 2 is 1.93 bits per heavy atom. The fourth-order valence-corrected chi connectivity index (χ4v) is 4.09. The first-order valence-corrected chi connectivity index (χ1v) is 10.7. The average Bonchev–Trinajstić information content (AvgIpc) is 3.10. The predicted molar refractivity (Wildman–Crippen MR) is 119 cm³/mol. The summed E-state index contributed by atoms with van der Waals surface area (Å²) in [4.78, 5) is 22.7. The lowest BCUT2D eigenvalue weighted by Crippen LogP contribution is -2.14. The van der Waals surface area contributed by atoms with Gasteiger partial charge in [0.25, 0.3) is 5.69 Å². The number of nitrogens with one attached hydrogen (secondary N) is 1. The standard InChI is InChI=1S/C18H14Cl3N5O3S/c1-2-25-17(12-5-3-10(19)7-14(12)21)23-24-18(25)30-9-16(27)22-11-4-6-13(20)15(8-11)26(28)29/h3-8H,2,9H2,1H3,(H,22,27). The maximum atomic E-state index is 12.3. The van der Waals surface area contributed by atoms with Crippen LogP contribution in [0.5, 0.6) is 0 Å². The van der Waals surface area contributed by atoms with E-state index in [1.807, 2.05) is 11.5 Å². The van der Waals surface area contributed by atoms with Gasteiger partial charge in [0.1, 0.15) is 5.02 Å². The summed E-state index contributed by atoms with van der Waals surface area (Å²) in [6, 6.07) is 9.16. The van der Waals surface area contributed by atoms with Crippen LogP contribution in [-0.2, 0) is 11.3 Å². The molecule has 0 aliphatic heterocycles. The molecule has 8 nitrogen and oxygen atoms in total. The lowest BCUT2D eigenvalue weighted by atomic mass is 10.2. The zero-order valence-corrected chi connectivity index (χ0v) is 18.5. The highest BCUT2D eigenvalue weighted by atomic mass is 35.5. The van der Waals surface area contributed by atoms with E-state index in [2.05, 4.69) is 15.5 Å². The molecule has 0 fully saturated rings. The van der Waals surface area contributed by atoms with Gasteiger partial charge in [-0.3, -0.25) is 14.9 Å². The average molecular weight is 487 g/mol. The van der Waals surface area contributed by atoms with Gasteiger partial charge in [-0.15, -0.1) is 10.2 Å². The Balaban J connectivity index is 1.72. The molecule has 0 aliphatic carbocycles. The maximum Gasteiger partial charge on any atom is 0.289 e. The Bertz CT molecular complexity index is 1120. The molecule has 1 amide bonds. The van der Waals surface area contributed by atoms with Crippen LogP contribution in [0.25, 0.3) is 11.4 Å². The summed E-state index contributed by atoms with van der Waals surface area (Å²) in [7, 11) is 0. The zero-order valence-electron chi connectivity index (χ0n) is 15.4. The van der Waals surface area contributed by atoms with E-state index >= 15 is 0 Å². The SMILES string of the molecule is CCn1c(SCC(=O)Nc2ccc(Cl)c([N+](=O)[O-])c2)nnc1-c1ccc(Cl)cc1Cl. The van der Waals surface area contributed by atoms with Gasteiger partial charge in [0, 0.05) is 28.9 Å². The van der Waals surface area contributed by atoms with E-state index in [-0.39, 0.29) is 28.1 Å². The van der Waals surface area contributed by atoms with Crippen molar-refractivity contribution < 1.29 is 9.72 Å². The Morgan fingerprint density at radius 3 is 2.60 bits per heavy atom. The first-order valence-electron chi connectivity index (χ1n) is 8.55. The molecule has 1 N–H and O–H groups in total. The zero-order chi connectivity index (χ0) is 21.8. The molecule has 156 valence electrons. The van der Waals surface area contributed by atoms with E-state index in [0.29, 0.717) is 33.1 Å². The second kappa shape index (κ2) is 9.65. The normalized spacial score (nSPS) is 10.8. The number of anilines is 1. The fourth-order valence-electron chi connectivity index (χ4n) is 2.61. The van der Waals surface area contributed by atoms with Crippen LogP contribution >= 0.6 is 46.6 Å². The summed E-state index contributed by atoms with van der Waals surface area (Å²) >= 11 is 19.2. The number of thioether (sulfide) groups is 1. The van der Waals surface area contributed by atoms with Gasteiger partial charge in [-0.1, -0.05) is 46.6 Å². The van der Waals surface area contributed by atoms with Crippen LogP contribution < -0.4 is 5.32 Å². The third-order valence-electron chi connectivity index (χ3n) is 3.96. The van der Waals surface area contributed by atoms with Crippen molar-refractivity contribution in [2.24, 2.45) is 0 Å². The Hall–Kier alpha value is -2.33. The molecule has 0 saturated carbocycles. The summed E-state index contributed by atoms with van der Waals surface area (Å²) in [6.45, 7) is 2.49. The Labute approximate surface area is 190 Å². The maximum absolute atomic E-state index is 12.3. The molecular formula is C18H14Cl3N5O3S. The quantitative estimate of drug-likeness (QED) is 0.266. The molecule has 0 saturated heterocycles. The Kier molecular flexibility index (Phi) is 7.19. The summed E-state index contributed by atoms with van der Waals surface area (Å²) in [5.41, 5.74) is 0.680. The molecule has 0 bridgehead atoms. The van der Waals surface area contributed by atoms with E-state index in [1.165, 1.54) is 30.0 Å². The number of halogens is 3. The fraction of sp³-hybridized carbons (Fsp3) is 0.167. The van der Waals surface area contributed by atoms with Crippen molar-refractivity contribution in [3.63, 3.8) is 0 Å². The number of hydrogen-bond donors (Lipinski definition) is 1. The lowest BCUT2D eigenvalue weighted by molar-refractivity contribution is -0.384. The smallest absolute Gasteiger partial charge is 0.289 e. The summed E-state index contributed by atoms with van der Waals surface area (Å²) in [5, 5.41) is 23.4. The Morgan fingerprint density at radius 1 is 1.17 bits per heavy atom. The second-order valence-electron chi connectivity index (χ2n) is 5.93. The second-order valence-corrected chi connectivity index (χ2v) is 8.13. The highest BCUT2D eigenvalue weighted by molar-refractivity contribution is 7.99. The molecule has 0 radical (unpaired) electrons. The van der Waals surface area contributed by atoms with Crippen LogP contribution in [0.1, 0.15) is 6.92 Å². The number of amides is 1. The van der Waals surface area contributed by atoms with Crippen molar-refractivity contribution >= 4 is 63.8 Å². The van der Waals surface area contributed by atoms with Crippen molar-refractivity contribution in [1.29, 1.82) is 0 Å². The molecule has 3 rings (SSSR count). The van der Waals surface area contributed by atoms with Gasteiger partial charge in [-0.05, 0) is 37.3 Å². The highest BCUT2D eigenvalue weighted by Crippen LogP contribution is 2.32. The topological polar surface area (TPSA) is 103 Å². The number of carbonyl (C=O) groups is 1. The number of benzene rings is 2. The molecular weight excluding hydrogens is 473 g/mol. The van der Waals surface area contributed by atoms with Crippen LogP contribution in [-0.4, -0.2) is 31.3 Å². The lowest BCUT2D eigenvalue weighted by Gasteiger charge is -2.09.